The molecule has 0 unspecified atom stereocenters. The van der Waals surface area contributed by atoms with E-state index < -0.39 is 29.6 Å². The summed E-state index contributed by atoms with van der Waals surface area (Å²) in [7, 11) is 0. The minimum Gasteiger partial charge on any atom is -0.485 e. The number of halogens is 2. The van der Waals surface area contributed by atoms with Crippen LogP contribution in [0.3, 0.4) is 0 Å². The molecular formula is C17H23F2NO3. The molecule has 0 spiro atoms. The van der Waals surface area contributed by atoms with Gasteiger partial charge in [0.05, 0.1) is 12.2 Å². The lowest BCUT2D eigenvalue weighted by molar-refractivity contribution is 0.116. The van der Waals surface area contributed by atoms with Crippen LogP contribution in [0.15, 0.2) is 24.2 Å². The molecule has 0 aromatic carbocycles. The molecule has 0 amide bonds. The first kappa shape index (κ1) is 18.9. The zero-order valence-electron chi connectivity index (χ0n) is 14.4. The zero-order valence-corrected chi connectivity index (χ0v) is 14.4. The molecule has 0 aliphatic heterocycles. The highest BCUT2D eigenvalue weighted by Crippen LogP contribution is 2.31. The van der Waals surface area contributed by atoms with Gasteiger partial charge in [-0.05, 0) is 47.6 Å². The number of ether oxygens (including phenoxy) is 2. The van der Waals surface area contributed by atoms with E-state index in [0.29, 0.717) is 11.4 Å². The summed E-state index contributed by atoms with van der Waals surface area (Å²) >= 11 is 0. The number of allylic oxidation sites excluding steroid dienone is 1. The second kappa shape index (κ2) is 7.44. The van der Waals surface area contributed by atoms with Gasteiger partial charge in [0.25, 0.3) is 0 Å². The van der Waals surface area contributed by atoms with E-state index in [-0.39, 0.29) is 11.7 Å². The van der Waals surface area contributed by atoms with Gasteiger partial charge in [-0.2, -0.15) is 0 Å². The first-order chi connectivity index (χ1) is 10.6. The van der Waals surface area contributed by atoms with Crippen molar-refractivity contribution in [3.05, 3.63) is 41.2 Å². The Bertz CT molecular complexity index is 643. The number of hydrogen-bond donors (Lipinski definition) is 0. The minimum absolute atomic E-state index is 0.0673. The fraction of sp³-hybridized carbons (Fsp3) is 0.471. The SMILES string of the molecule is C=C(F)/C(OC(C)C)=C(/F)c1cc(C)n(C(=O)OC(C)C)c1C. The number of rotatable bonds is 5. The molecule has 0 bridgehead atoms. The number of carbonyl (C=O) groups is 1. The summed E-state index contributed by atoms with van der Waals surface area (Å²) < 4.78 is 39.7. The van der Waals surface area contributed by atoms with Crippen LogP contribution in [0.2, 0.25) is 0 Å². The molecule has 23 heavy (non-hydrogen) atoms. The maximum absolute atomic E-state index is 14.7. The van der Waals surface area contributed by atoms with Gasteiger partial charge in [-0.3, -0.25) is 4.57 Å². The van der Waals surface area contributed by atoms with Crippen LogP contribution in [0.5, 0.6) is 0 Å². The number of carbonyl (C=O) groups excluding carboxylic acids is 1. The summed E-state index contributed by atoms with van der Waals surface area (Å²) in [5, 5.41) is 0. The number of nitrogens with zero attached hydrogens (tertiary/aromatic N) is 1. The lowest BCUT2D eigenvalue weighted by Crippen LogP contribution is -2.20. The minimum atomic E-state index is -1.01. The summed E-state index contributed by atoms with van der Waals surface area (Å²) in [6.45, 7) is 13.0. The van der Waals surface area contributed by atoms with Crippen LogP contribution in [0.1, 0.15) is 44.6 Å². The van der Waals surface area contributed by atoms with Crippen LogP contribution in [0.4, 0.5) is 13.6 Å². The van der Waals surface area contributed by atoms with Crippen molar-refractivity contribution in [3.8, 4) is 0 Å². The lowest BCUT2D eigenvalue weighted by atomic mass is 10.2. The molecule has 0 aliphatic carbocycles. The molecule has 4 nitrogen and oxygen atoms in total. The summed E-state index contributed by atoms with van der Waals surface area (Å²) in [4.78, 5) is 12.1. The van der Waals surface area contributed by atoms with Crippen LogP contribution in [-0.4, -0.2) is 22.9 Å². The van der Waals surface area contributed by atoms with Crippen molar-refractivity contribution in [2.24, 2.45) is 0 Å². The Labute approximate surface area is 135 Å². The van der Waals surface area contributed by atoms with Gasteiger partial charge in [-0.25, -0.2) is 13.6 Å². The Morgan fingerprint density at radius 1 is 1.13 bits per heavy atom. The zero-order chi connectivity index (χ0) is 17.9. The van der Waals surface area contributed by atoms with E-state index in [1.54, 1.807) is 41.5 Å². The third kappa shape index (κ3) is 4.43. The third-order valence-electron chi connectivity index (χ3n) is 2.99. The molecule has 0 saturated heterocycles. The lowest BCUT2D eigenvalue weighted by Gasteiger charge is -2.14. The van der Waals surface area contributed by atoms with Crippen LogP contribution in [0, 0.1) is 13.8 Å². The average molecular weight is 327 g/mol. The van der Waals surface area contributed by atoms with Crippen molar-refractivity contribution >= 4 is 11.9 Å². The first-order valence-electron chi connectivity index (χ1n) is 7.37. The van der Waals surface area contributed by atoms with E-state index in [0.717, 1.165) is 0 Å². The monoisotopic (exact) mass is 327 g/mol. The predicted molar refractivity (Wildman–Crippen MR) is 85.4 cm³/mol. The molecule has 0 radical (unpaired) electrons. The van der Waals surface area contributed by atoms with Gasteiger partial charge in [-0.1, -0.05) is 6.58 Å². The molecule has 0 atom stereocenters. The van der Waals surface area contributed by atoms with Gasteiger partial charge in [0.1, 0.15) is 0 Å². The summed E-state index contributed by atoms with van der Waals surface area (Å²) in [6.07, 6.45) is -1.34. The van der Waals surface area contributed by atoms with E-state index in [2.05, 4.69) is 6.58 Å². The maximum atomic E-state index is 14.7. The number of aromatic nitrogens is 1. The van der Waals surface area contributed by atoms with E-state index >= 15 is 0 Å². The van der Waals surface area contributed by atoms with E-state index in [4.69, 9.17) is 9.47 Å². The van der Waals surface area contributed by atoms with Gasteiger partial charge in [0.2, 0.25) is 0 Å². The van der Waals surface area contributed by atoms with Crippen LogP contribution < -0.4 is 0 Å². The van der Waals surface area contributed by atoms with Gasteiger partial charge in [0, 0.05) is 17.0 Å². The molecule has 128 valence electrons. The van der Waals surface area contributed by atoms with Gasteiger partial charge >= 0.3 is 6.09 Å². The number of aryl methyl sites for hydroxylation is 1. The molecule has 0 N–H and O–H groups in total. The fourth-order valence-corrected chi connectivity index (χ4v) is 2.11. The number of hydrogen-bond acceptors (Lipinski definition) is 3. The highest BCUT2D eigenvalue weighted by molar-refractivity contribution is 5.77. The topological polar surface area (TPSA) is 40.5 Å². The molecule has 1 aromatic rings. The van der Waals surface area contributed by atoms with Crippen molar-refractivity contribution < 1.29 is 23.0 Å². The molecule has 0 fully saturated rings. The fourth-order valence-electron chi connectivity index (χ4n) is 2.11. The summed E-state index contributed by atoms with van der Waals surface area (Å²) in [5.41, 5.74) is 0.848. The van der Waals surface area contributed by atoms with Crippen molar-refractivity contribution in [3.63, 3.8) is 0 Å². The van der Waals surface area contributed by atoms with Crippen molar-refractivity contribution in [1.82, 2.24) is 4.57 Å². The Morgan fingerprint density at radius 2 is 1.65 bits per heavy atom. The van der Waals surface area contributed by atoms with Gasteiger partial charge < -0.3 is 9.47 Å². The van der Waals surface area contributed by atoms with E-state index in [1.165, 1.54) is 10.6 Å². The highest BCUT2D eigenvalue weighted by atomic mass is 19.1. The Balaban J connectivity index is 3.39. The average Bonchev–Trinajstić information content (AvgIpc) is 2.69. The van der Waals surface area contributed by atoms with Crippen LogP contribution in [0.25, 0.3) is 5.83 Å². The third-order valence-corrected chi connectivity index (χ3v) is 2.99. The normalized spacial score (nSPS) is 12.4. The largest absolute Gasteiger partial charge is 0.485 e. The highest BCUT2D eigenvalue weighted by Gasteiger charge is 2.23. The van der Waals surface area contributed by atoms with Crippen molar-refractivity contribution in [2.45, 2.75) is 53.8 Å². The maximum Gasteiger partial charge on any atom is 0.418 e. The molecule has 1 aromatic heterocycles. The molecule has 0 saturated carbocycles. The van der Waals surface area contributed by atoms with E-state index in [9.17, 15) is 13.6 Å². The van der Waals surface area contributed by atoms with Crippen molar-refractivity contribution in [1.29, 1.82) is 0 Å². The van der Waals surface area contributed by atoms with Crippen LogP contribution in [-0.2, 0) is 9.47 Å². The van der Waals surface area contributed by atoms with E-state index in [1.807, 2.05) is 0 Å². The molecule has 0 aliphatic rings. The van der Waals surface area contributed by atoms with Gasteiger partial charge in [-0.15, -0.1) is 0 Å². The van der Waals surface area contributed by atoms with Crippen LogP contribution >= 0.6 is 0 Å². The molecular weight excluding hydrogens is 304 g/mol. The molecule has 1 heterocycles. The van der Waals surface area contributed by atoms with Gasteiger partial charge in [0.15, 0.2) is 17.4 Å². The second-order valence-electron chi connectivity index (χ2n) is 5.77. The summed E-state index contributed by atoms with van der Waals surface area (Å²) in [5.74, 6) is -2.47. The summed E-state index contributed by atoms with van der Waals surface area (Å²) in [6, 6.07) is 1.44. The first-order valence-corrected chi connectivity index (χ1v) is 7.37. The van der Waals surface area contributed by atoms with Crippen molar-refractivity contribution in [2.75, 3.05) is 0 Å². The quantitative estimate of drug-likeness (QED) is 0.561. The molecule has 6 heteroatoms. The Kier molecular flexibility index (Phi) is 6.12. The Morgan fingerprint density at radius 3 is 2.09 bits per heavy atom. The Hall–Kier alpha value is -2.11. The predicted octanol–water partition coefficient (Wildman–Crippen LogP) is 5.04. The smallest absolute Gasteiger partial charge is 0.418 e. The molecule has 1 rings (SSSR count). The second-order valence-corrected chi connectivity index (χ2v) is 5.77. The standard InChI is InChI=1S/C17H23F2NO3/c1-9(2)22-16(12(6)18)15(19)14-8-11(5)20(13(14)7)17(21)23-10(3)4/h8-10H,6H2,1-5,7H3/b16-15-.